The molecule has 2 aromatic rings. The topological polar surface area (TPSA) is 94.1 Å². The van der Waals surface area contributed by atoms with Gasteiger partial charge in [-0.05, 0) is 73.4 Å². The summed E-state index contributed by atoms with van der Waals surface area (Å²) in [6, 6.07) is 16.6. The summed E-state index contributed by atoms with van der Waals surface area (Å²) >= 11 is 0. The number of hydrogen-bond donors (Lipinski definition) is 2. The standard InChI is InChI=1S/C28H33NO6/c1-27-15-14-24(28(2,17-30)23(27)13-12-22-21(27)16-25(31)34-22)35-26(32)29-18-8-10-20(11-9-18)33-19-6-4-3-5-7-19/h3-11,21-24,30H,12-17H2,1-2H3,(H,29,32). The third-order valence-corrected chi connectivity index (χ3v) is 8.65. The first-order chi connectivity index (χ1) is 16.8. The number of fused-ring (bicyclic) bond motifs is 3. The van der Waals surface area contributed by atoms with Gasteiger partial charge in [0.2, 0.25) is 0 Å². The predicted molar refractivity (Wildman–Crippen MR) is 130 cm³/mol. The third kappa shape index (κ3) is 4.38. The monoisotopic (exact) mass is 479 g/mol. The van der Waals surface area contributed by atoms with Crippen molar-refractivity contribution in [3.63, 3.8) is 0 Å². The van der Waals surface area contributed by atoms with Crippen LogP contribution in [0.5, 0.6) is 11.5 Å². The van der Waals surface area contributed by atoms with Gasteiger partial charge in [-0.25, -0.2) is 4.79 Å². The van der Waals surface area contributed by atoms with Gasteiger partial charge in [0.05, 0.1) is 13.0 Å². The van der Waals surface area contributed by atoms with E-state index in [4.69, 9.17) is 14.2 Å². The molecule has 6 unspecified atom stereocenters. The van der Waals surface area contributed by atoms with Crippen molar-refractivity contribution in [2.75, 3.05) is 11.9 Å². The fourth-order valence-corrected chi connectivity index (χ4v) is 6.80. The van der Waals surface area contributed by atoms with Crippen LogP contribution in [0.2, 0.25) is 0 Å². The Morgan fingerprint density at radius 1 is 1.06 bits per heavy atom. The van der Waals surface area contributed by atoms with E-state index in [-0.39, 0.29) is 35.9 Å². The molecule has 7 heteroatoms. The second-order valence-corrected chi connectivity index (χ2v) is 10.6. The average Bonchev–Trinajstić information content (AvgIpc) is 3.25. The molecular formula is C28H33NO6. The van der Waals surface area contributed by atoms with Gasteiger partial charge in [-0.2, -0.15) is 0 Å². The number of aliphatic hydroxyl groups is 1. The molecule has 0 spiro atoms. The molecule has 2 N–H and O–H groups in total. The lowest BCUT2D eigenvalue weighted by Crippen LogP contribution is -2.59. The van der Waals surface area contributed by atoms with Crippen molar-refractivity contribution in [3.8, 4) is 11.5 Å². The SMILES string of the molecule is CC1(CO)C(OC(=O)Nc2ccc(Oc3ccccc3)cc2)CCC2(C)C3CC(=O)OC3CCC12. The number of aliphatic hydroxyl groups excluding tert-OH is 1. The minimum absolute atomic E-state index is 0.0266. The summed E-state index contributed by atoms with van der Waals surface area (Å²) < 4.78 is 17.3. The summed E-state index contributed by atoms with van der Waals surface area (Å²) in [6.45, 7) is 4.16. The van der Waals surface area contributed by atoms with E-state index in [1.165, 1.54) is 0 Å². The summed E-state index contributed by atoms with van der Waals surface area (Å²) in [5, 5.41) is 13.3. The van der Waals surface area contributed by atoms with Crippen molar-refractivity contribution in [3.05, 3.63) is 54.6 Å². The third-order valence-electron chi connectivity index (χ3n) is 8.65. The molecule has 2 aromatic carbocycles. The molecule has 2 saturated carbocycles. The van der Waals surface area contributed by atoms with Crippen molar-refractivity contribution in [1.82, 2.24) is 0 Å². The highest BCUT2D eigenvalue weighted by atomic mass is 16.6. The second-order valence-electron chi connectivity index (χ2n) is 10.6. The molecule has 1 amide bonds. The number of benzene rings is 2. The predicted octanol–water partition coefficient (Wildman–Crippen LogP) is 5.54. The normalized spacial score (nSPS) is 33.7. The largest absolute Gasteiger partial charge is 0.462 e. The lowest BCUT2D eigenvalue weighted by Gasteiger charge is -2.59. The number of para-hydroxylation sites is 1. The number of amides is 1. The molecule has 6 atom stereocenters. The smallest absolute Gasteiger partial charge is 0.411 e. The van der Waals surface area contributed by atoms with Crippen LogP contribution in [0.1, 0.15) is 46.0 Å². The first-order valence-corrected chi connectivity index (χ1v) is 12.4. The highest BCUT2D eigenvalue weighted by Gasteiger charge is 2.62. The maximum Gasteiger partial charge on any atom is 0.411 e. The van der Waals surface area contributed by atoms with Gasteiger partial charge in [0.15, 0.2) is 0 Å². The average molecular weight is 480 g/mol. The number of nitrogens with one attached hydrogen (secondary N) is 1. The van der Waals surface area contributed by atoms with Crippen LogP contribution >= 0.6 is 0 Å². The number of ether oxygens (including phenoxy) is 3. The van der Waals surface area contributed by atoms with Gasteiger partial charge in [0.1, 0.15) is 23.7 Å². The van der Waals surface area contributed by atoms with Gasteiger partial charge in [0, 0.05) is 17.0 Å². The molecule has 1 saturated heterocycles. The molecule has 1 aliphatic heterocycles. The Bertz CT molecular complexity index is 1070. The molecule has 0 bridgehead atoms. The van der Waals surface area contributed by atoms with E-state index in [0.29, 0.717) is 24.3 Å². The molecule has 7 nitrogen and oxygen atoms in total. The number of carbonyl (C=O) groups excluding carboxylic acids is 2. The van der Waals surface area contributed by atoms with E-state index < -0.39 is 17.6 Å². The van der Waals surface area contributed by atoms with Crippen molar-refractivity contribution in [2.45, 2.75) is 58.2 Å². The van der Waals surface area contributed by atoms with Crippen LogP contribution in [-0.4, -0.2) is 36.0 Å². The highest BCUT2D eigenvalue weighted by Crippen LogP contribution is 2.62. The van der Waals surface area contributed by atoms with Gasteiger partial charge in [-0.1, -0.05) is 32.0 Å². The lowest BCUT2D eigenvalue weighted by molar-refractivity contribution is -0.174. The van der Waals surface area contributed by atoms with Crippen LogP contribution in [-0.2, 0) is 14.3 Å². The Kier molecular flexibility index (Phi) is 6.21. The fourth-order valence-electron chi connectivity index (χ4n) is 6.80. The lowest BCUT2D eigenvalue weighted by atomic mass is 9.46. The zero-order valence-corrected chi connectivity index (χ0v) is 20.2. The number of hydrogen-bond acceptors (Lipinski definition) is 6. The summed E-state index contributed by atoms with van der Waals surface area (Å²) in [5.41, 5.74) is -0.116. The van der Waals surface area contributed by atoms with Gasteiger partial charge < -0.3 is 19.3 Å². The van der Waals surface area contributed by atoms with Crippen molar-refractivity contribution in [2.24, 2.45) is 22.7 Å². The van der Waals surface area contributed by atoms with E-state index >= 15 is 0 Å². The summed E-state index contributed by atoms with van der Waals surface area (Å²) in [7, 11) is 0. The first-order valence-electron chi connectivity index (χ1n) is 12.4. The maximum absolute atomic E-state index is 12.8. The van der Waals surface area contributed by atoms with Crippen LogP contribution in [0.3, 0.4) is 0 Å². The quantitative estimate of drug-likeness (QED) is 0.547. The van der Waals surface area contributed by atoms with E-state index in [2.05, 4.69) is 12.2 Å². The number of carbonyl (C=O) groups is 2. The van der Waals surface area contributed by atoms with Crippen LogP contribution < -0.4 is 10.1 Å². The molecule has 3 aliphatic rings. The molecule has 2 aliphatic carbocycles. The summed E-state index contributed by atoms with van der Waals surface area (Å²) in [4.78, 5) is 24.8. The Hall–Kier alpha value is -3.06. The van der Waals surface area contributed by atoms with E-state index in [0.717, 1.165) is 25.0 Å². The zero-order valence-electron chi connectivity index (χ0n) is 20.2. The molecule has 0 aromatic heterocycles. The molecule has 3 fully saturated rings. The van der Waals surface area contributed by atoms with Crippen molar-refractivity contribution < 1.29 is 28.9 Å². The summed E-state index contributed by atoms with van der Waals surface area (Å²) in [5.74, 6) is 1.58. The molecule has 186 valence electrons. The van der Waals surface area contributed by atoms with Crippen molar-refractivity contribution in [1.29, 1.82) is 0 Å². The Balaban J connectivity index is 1.24. The van der Waals surface area contributed by atoms with Crippen molar-refractivity contribution >= 4 is 17.7 Å². The molecule has 35 heavy (non-hydrogen) atoms. The van der Waals surface area contributed by atoms with Crippen LogP contribution in [0.25, 0.3) is 0 Å². The Morgan fingerprint density at radius 2 is 1.77 bits per heavy atom. The van der Waals surface area contributed by atoms with E-state index in [9.17, 15) is 14.7 Å². The number of rotatable bonds is 5. The first kappa shape index (κ1) is 23.7. The minimum atomic E-state index is -0.589. The van der Waals surface area contributed by atoms with Gasteiger partial charge in [0.25, 0.3) is 0 Å². The number of esters is 1. The maximum atomic E-state index is 12.8. The fraction of sp³-hybridized carbons (Fsp3) is 0.500. The molecule has 5 rings (SSSR count). The zero-order chi connectivity index (χ0) is 24.6. The van der Waals surface area contributed by atoms with Gasteiger partial charge >= 0.3 is 12.1 Å². The van der Waals surface area contributed by atoms with E-state index in [1.807, 2.05) is 37.3 Å². The molecule has 1 heterocycles. The van der Waals surface area contributed by atoms with Crippen LogP contribution in [0, 0.1) is 22.7 Å². The number of anilines is 1. The van der Waals surface area contributed by atoms with Crippen LogP contribution in [0.4, 0.5) is 10.5 Å². The van der Waals surface area contributed by atoms with Gasteiger partial charge in [-0.3, -0.25) is 10.1 Å². The summed E-state index contributed by atoms with van der Waals surface area (Å²) in [6.07, 6.45) is 2.56. The highest BCUT2D eigenvalue weighted by molar-refractivity contribution is 5.84. The Labute approximate surface area is 205 Å². The molecule has 0 radical (unpaired) electrons. The second kappa shape index (κ2) is 9.19. The Morgan fingerprint density at radius 3 is 2.49 bits per heavy atom. The van der Waals surface area contributed by atoms with E-state index in [1.54, 1.807) is 24.3 Å². The van der Waals surface area contributed by atoms with Crippen LogP contribution in [0.15, 0.2) is 54.6 Å². The minimum Gasteiger partial charge on any atom is -0.462 e. The van der Waals surface area contributed by atoms with Gasteiger partial charge in [-0.15, -0.1) is 0 Å². The molecular weight excluding hydrogens is 446 g/mol.